The van der Waals surface area contributed by atoms with Crippen molar-refractivity contribution in [1.29, 1.82) is 0 Å². The molecule has 110 valence electrons. The summed E-state index contributed by atoms with van der Waals surface area (Å²) >= 11 is 0. The molecule has 7 heteroatoms. The largest absolute Gasteiger partial charge is 0.473 e. The minimum atomic E-state index is -0.499. The molecule has 2 rings (SSSR count). The van der Waals surface area contributed by atoms with Crippen molar-refractivity contribution in [2.45, 2.75) is 44.9 Å². The molecule has 7 nitrogen and oxygen atoms in total. The molecule has 0 aliphatic heterocycles. The van der Waals surface area contributed by atoms with E-state index in [2.05, 4.69) is 15.3 Å². The van der Waals surface area contributed by atoms with E-state index in [-0.39, 0.29) is 23.3 Å². The number of nitro groups is 1. The molecule has 1 aromatic rings. The Bertz CT molecular complexity index is 487. The lowest BCUT2D eigenvalue weighted by Gasteiger charge is -2.21. The van der Waals surface area contributed by atoms with Crippen LogP contribution in [0, 0.1) is 10.1 Å². The lowest BCUT2D eigenvalue weighted by atomic mass is 9.88. The molecule has 0 amide bonds. The molecule has 0 saturated heterocycles. The molecule has 0 bridgehead atoms. The van der Waals surface area contributed by atoms with Crippen molar-refractivity contribution in [3.05, 3.63) is 15.9 Å². The highest BCUT2D eigenvalue weighted by molar-refractivity contribution is 5.61. The predicted octanol–water partition coefficient (Wildman–Crippen LogP) is 2.87. The van der Waals surface area contributed by atoms with Crippen LogP contribution in [0.3, 0.4) is 0 Å². The smallest absolute Gasteiger partial charge is 0.372 e. The molecule has 0 spiro atoms. The second-order valence-corrected chi connectivity index (χ2v) is 4.86. The predicted molar refractivity (Wildman–Crippen MR) is 75.2 cm³/mol. The molecule has 1 aromatic heterocycles. The maximum absolute atomic E-state index is 11.2. The summed E-state index contributed by atoms with van der Waals surface area (Å²) in [5, 5.41) is 14.0. The minimum Gasteiger partial charge on any atom is -0.473 e. The van der Waals surface area contributed by atoms with E-state index >= 15 is 0 Å². The first-order valence-corrected chi connectivity index (χ1v) is 7.04. The van der Waals surface area contributed by atoms with Crippen LogP contribution in [0.1, 0.15) is 50.8 Å². The SMILES string of the molecule is CCOc1nc(C2CCCCC2)nc(NC)c1[N+](=O)[O-]. The summed E-state index contributed by atoms with van der Waals surface area (Å²) in [5.74, 6) is 1.23. The summed E-state index contributed by atoms with van der Waals surface area (Å²) in [7, 11) is 1.62. The van der Waals surface area contributed by atoms with Crippen molar-refractivity contribution in [3.63, 3.8) is 0 Å². The molecule has 1 heterocycles. The lowest BCUT2D eigenvalue weighted by Crippen LogP contribution is -2.13. The van der Waals surface area contributed by atoms with Gasteiger partial charge in [-0.1, -0.05) is 19.3 Å². The molecule has 1 fully saturated rings. The molecule has 0 aromatic carbocycles. The van der Waals surface area contributed by atoms with Crippen LogP contribution >= 0.6 is 0 Å². The van der Waals surface area contributed by atoms with Crippen LogP contribution < -0.4 is 10.1 Å². The summed E-state index contributed by atoms with van der Waals surface area (Å²) in [6.45, 7) is 2.12. The van der Waals surface area contributed by atoms with Crippen molar-refractivity contribution in [1.82, 2.24) is 9.97 Å². The van der Waals surface area contributed by atoms with Gasteiger partial charge in [0.2, 0.25) is 5.82 Å². The highest BCUT2D eigenvalue weighted by Gasteiger charge is 2.28. The number of hydrogen-bond donors (Lipinski definition) is 1. The number of aromatic nitrogens is 2. The highest BCUT2D eigenvalue weighted by Crippen LogP contribution is 2.37. The Hall–Kier alpha value is -1.92. The molecular formula is C13H20N4O3. The van der Waals surface area contributed by atoms with Gasteiger partial charge in [0.25, 0.3) is 5.88 Å². The van der Waals surface area contributed by atoms with E-state index in [9.17, 15) is 10.1 Å². The van der Waals surface area contributed by atoms with Gasteiger partial charge in [-0.3, -0.25) is 10.1 Å². The van der Waals surface area contributed by atoms with E-state index < -0.39 is 4.92 Å². The minimum absolute atomic E-state index is 0.0671. The number of nitrogens with one attached hydrogen (secondary N) is 1. The van der Waals surface area contributed by atoms with Gasteiger partial charge in [-0.05, 0) is 19.8 Å². The topological polar surface area (TPSA) is 90.2 Å². The van der Waals surface area contributed by atoms with E-state index in [1.54, 1.807) is 14.0 Å². The van der Waals surface area contributed by atoms with Crippen molar-refractivity contribution in [3.8, 4) is 5.88 Å². The molecule has 0 unspecified atom stereocenters. The average Bonchev–Trinajstić information content (AvgIpc) is 2.47. The third kappa shape index (κ3) is 2.97. The van der Waals surface area contributed by atoms with Crippen molar-refractivity contribution in [2.24, 2.45) is 0 Å². The summed E-state index contributed by atoms with van der Waals surface area (Å²) in [6.07, 6.45) is 5.62. The monoisotopic (exact) mass is 280 g/mol. The zero-order valence-electron chi connectivity index (χ0n) is 11.9. The second-order valence-electron chi connectivity index (χ2n) is 4.86. The van der Waals surface area contributed by atoms with Crippen molar-refractivity contribution in [2.75, 3.05) is 19.0 Å². The number of hydrogen-bond acceptors (Lipinski definition) is 6. The zero-order valence-corrected chi connectivity index (χ0v) is 11.9. The number of anilines is 1. The number of ether oxygens (including phenoxy) is 1. The van der Waals surface area contributed by atoms with E-state index in [1.165, 1.54) is 6.42 Å². The first-order valence-electron chi connectivity index (χ1n) is 7.04. The van der Waals surface area contributed by atoms with Crippen LogP contribution in [-0.4, -0.2) is 28.5 Å². The summed E-state index contributed by atoms with van der Waals surface area (Å²) < 4.78 is 5.34. The van der Waals surface area contributed by atoms with Crippen LogP contribution in [0.5, 0.6) is 5.88 Å². The number of rotatable bonds is 5. The van der Waals surface area contributed by atoms with Gasteiger partial charge in [-0.15, -0.1) is 0 Å². The Morgan fingerprint density at radius 2 is 2.05 bits per heavy atom. The van der Waals surface area contributed by atoms with Crippen LogP contribution in [0.15, 0.2) is 0 Å². The van der Waals surface area contributed by atoms with Gasteiger partial charge < -0.3 is 10.1 Å². The van der Waals surface area contributed by atoms with Crippen molar-refractivity contribution < 1.29 is 9.66 Å². The van der Waals surface area contributed by atoms with Gasteiger partial charge in [0.1, 0.15) is 5.82 Å². The van der Waals surface area contributed by atoms with E-state index in [1.807, 2.05) is 0 Å². The van der Waals surface area contributed by atoms with Gasteiger partial charge in [0.05, 0.1) is 11.5 Å². The fraction of sp³-hybridized carbons (Fsp3) is 0.692. The Morgan fingerprint density at radius 1 is 1.35 bits per heavy atom. The third-order valence-corrected chi connectivity index (χ3v) is 3.54. The van der Waals surface area contributed by atoms with Crippen LogP contribution in [0.2, 0.25) is 0 Å². The number of nitrogens with zero attached hydrogens (tertiary/aromatic N) is 3. The Labute approximate surface area is 117 Å². The quantitative estimate of drug-likeness (QED) is 0.658. The zero-order chi connectivity index (χ0) is 14.5. The second kappa shape index (κ2) is 6.49. The molecule has 0 atom stereocenters. The van der Waals surface area contributed by atoms with E-state index in [4.69, 9.17) is 4.74 Å². The van der Waals surface area contributed by atoms with Gasteiger partial charge in [0.15, 0.2) is 0 Å². The molecular weight excluding hydrogens is 260 g/mol. The third-order valence-electron chi connectivity index (χ3n) is 3.54. The average molecular weight is 280 g/mol. The van der Waals surface area contributed by atoms with Gasteiger partial charge >= 0.3 is 5.69 Å². The van der Waals surface area contributed by atoms with Crippen LogP contribution in [0.25, 0.3) is 0 Å². The fourth-order valence-corrected chi connectivity index (χ4v) is 2.57. The molecule has 1 aliphatic rings. The molecule has 1 aliphatic carbocycles. The first kappa shape index (κ1) is 14.5. The van der Waals surface area contributed by atoms with Gasteiger partial charge in [0, 0.05) is 13.0 Å². The van der Waals surface area contributed by atoms with E-state index in [0.717, 1.165) is 25.7 Å². The molecule has 1 saturated carbocycles. The Balaban J connectivity index is 2.43. The molecule has 20 heavy (non-hydrogen) atoms. The lowest BCUT2D eigenvalue weighted by molar-refractivity contribution is -0.385. The summed E-state index contributed by atoms with van der Waals surface area (Å²) in [4.78, 5) is 19.3. The standard InChI is InChI=1S/C13H20N4O3/c1-3-20-13-10(17(18)19)12(14-2)15-11(16-13)9-7-5-4-6-8-9/h9H,3-8H2,1-2H3,(H,14,15,16). The van der Waals surface area contributed by atoms with Crippen LogP contribution in [0.4, 0.5) is 11.5 Å². The maximum atomic E-state index is 11.2. The van der Waals surface area contributed by atoms with Gasteiger partial charge in [-0.2, -0.15) is 4.98 Å². The Morgan fingerprint density at radius 3 is 2.60 bits per heavy atom. The van der Waals surface area contributed by atoms with Gasteiger partial charge in [-0.25, -0.2) is 4.98 Å². The van der Waals surface area contributed by atoms with Crippen LogP contribution in [-0.2, 0) is 0 Å². The Kier molecular flexibility index (Phi) is 4.70. The molecule has 0 radical (unpaired) electrons. The fourth-order valence-electron chi connectivity index (χ4n) is 2.57. The van der Waals surface area contributed by atoms with E-state index in [0.29, 0.717) is 12.4 Å². The molecule has 1 N–H and O–H groups in total. The normalized spacial score (nSPS) is 15.9. The maximum Gasteiger partial charge on any atom is 0.372 e. The highest BCUT2D eigenvalue weighted by atomic mass is 16.6. The summed E-state index contributed by atoms with van der Waals surface area (Å²) in [6, 6.07) is 0. The summed E-state index contributed by atoms with van der Waals surface area (Å²) in [5.41, 5.74) is -0.186. The first-order chi connectivity index (χ1) is 9.67. The van der Waals surface area contributed by atoms with Crippen molar-refractivity contribution >= 4 is 11.5 Å².